The highest BCUT2D eigenvalue weighted by Crippen LogP contribution is 2.44. The quantitative estimate of drug-likeness (QED) is 0.604. The third-order valence-electron chi connectivity index (χ3n) is 7.43. The summed E-state index contributed by atoms with van der Waals surface area (Å²) < 4.78 is 10.9. The maximum Gasteiger partial charge on any atom is 0.407 e. The second-order valence-electron chi connectivity index (χ2n) is 9.57. The summed E-state index contributed by atoms with van der Waals surface area (Å²) in [7, 11) is 0. The van der Waals surface area contributed by atoms with Gasteiger partial charge in [-0.15, -0.1) is 0 Å². The minimum atomic E-state index is -1.01. The predicted octanol–water partition coefficient (Wildman–Crippen LogP) is 3.25. The number of carboxylic acids is 1. The lowest BCUT2D eigenvalue weighted by Crippen LogP contribution is -2.57. The zero-order chi connectivity index (χ0) is 24.4. The van der Waals surface area contributed by atoms with E-state index in [1.165, 1.54) is 22.3 Å². The van der Waals surface area contributed by atoms with Gasteiger partial charge in [0.2, 0.25) is 5.91 Å². The molecule has 2 amide bonds. The summed E-state index contributed by atoms with van der Waals surface area (Å²) >= 11 is 0. The van der Waals surface area contributed by atoms with Crippen LogP contribution in [0, 0.1) is 11.8 Å². The standard InChI is InChI=1S/C27H30N2O6/c30-25(31)16-34-18-13-29(14-18)26(32)19-11-5-6-17(19)12-28-27(33)35-15-24-22-9-3-1-7-20(22)21-8-2-4-10-23(21)24/h1-4,7-10,17-19,24H,5-6,11-16H2,(H,28,33)(H,30,31). The molecule has 2 aliphatic carbocycles. The van der Waals surface area contributed by atoms with Gasteiger partial charge in [-0.25, -0.2) is 9.59 Å². The number of likely N-dealkylation sites (tertiary alicyclic amines) is 1. The molecule has 8 nitrogen and oxygen atoms in total. The van der Waals surface area contributed by atoms with Gasteiger partial charge in [-0.2, -0.15) is 0 Å². The van der Waals surface area contributed by atoms with Crippen LogP contribution in [0.5, 0.6) is 0 Å². The van der Waals surface area contributed by atoms with Crippen molar-refractivity contribution >= 4 is 18.0 Å². The Balaban J connectivity index is 1.10. The Bertz CT molecular complexity index is 1070. The first-order valence-corrected chi connectivity index (χ1v) is 12.2. The number of amides is 2. The van der Waals surface area contributed by atoms with Gasteiger partial charge in [0.25, 0.3) is 0 Å². The number of alkyl carbamates (subject to hydrolysis) is 1. The van der Waals surface area contributed by atoms with Gasteiger partial charge >= 0.3 is 12.1 Å². The fourth-order valence-electron chi connectivity index (χ4n) is 5.62. The Morgan fingerprint density at radius 1 is 0.971 bits per heavy atom. The van der Waals surface area contributed by atoms with E-state index in [4.69, 9.17) is 14.6 Å². The molecular formula is C27H30N2O6. The molecule has 2 fully saturated rings. The summed E-state index contributed by atoms with van der Waals surface area (Å²) in [6.45, 7) is 1.17. The number of fused-ring (bicyclic) bond motifs is 3. The molecule has 1 aliphatic heterocycles. The number of rotatable bonds is 8. The largest absolute Gasteiger partial charge is 0.480 e. The fourth-order valence-corrected chi connectivity index (χ4v) is 5.62. The van der Waals surface area contributed by atoms with E-state index in [-0.39, 0.29) is 43.0 Å². The van der Waals surface area contributed by atoms with Crippen molar-refractivity contribution in [3.05, 3.63) is 59.7 Å². The van der Waals surface area contributed by atoms with Crippen LogP contribution in [0.4, 0.5) is 4.79 Å². The van der Waals surface area contributed by atoms with Crippen molar-refractivity contribution in [2.75, 3.05) is 32.8 Å². The predicted molar refractivity (Wildman–Crippen MR) is 128 cm³/mol. The van der Waals surface area contributed by atoms with Crippen LogP contribution >= 0.6 is 0 Å². The zero-order valence-corrected chi connectivity index (χ0v) is 19.5. The zero-order valence-electron chi connectivity index (χ0n) is 19.5. The number of benzene rings is 2. The van der Waals surface area contributed by atoms with Crippen molar-refractivity contribution in [2.45, 2.75) is 31.3 Å². The first kappa shape index (κ1) is 23.4. The van der Waals surface area contributed by atoms with Crippen molar-refractivity contribution in [1.29, 1.82) is 0 Å². The Kier molecular flexibility index (Phi) is 6.72. The lowest BCUT2D eigenvalue weighted by atomic mass is 9.93. The van der Waals surface area contributed by atoms with E-state index in [9.17, 15) is 14.4 Å². The summed E-state index contributed by atoms with van der Waals surface area (Å²) in [5.74, 6) is -0.995. The van der Waals surface area contributed by atoms with Crippen LogP contribution in [0.15, 0.2) is 48.5 Å². The molecule has 0 bridgehead atoms. The van der Waals surface area contributed by atoms with Gasteiger partial charge in [0.1, 0.15) is 13.2 Å². The topological polar surface area (TPSA) is 105 Å². The molecular weight excluding hydrogens is 448 g/mol. The first-order valence-electron chi connectivity index (χ1n) is 12.2. The molecule has 2 aromatic carbocycles. The SMILES string of the molecule is O=C(O)COC1CN(C(=O)C2CCCC2CNC(=O)OCC2c3ccccc3-c3ccccc32)C1. The highest BCUT2D eigenvalue weighted by molar-refractivity contribution is 5.81. The molecule has 35 heavy (non-hydrogen) atoms. The van der Waals surface area contributed by atoms with E-state index >= 15 is 0 Å². The number of hydrogen-bond acceptors (Lipinski definition) is 5. The van der Waals surface area contributed by atoms with Crippen LogP contribution in [0.2, 0.25) is 0 Å². The smallest absolute Gasteiger partial charge is 0.407 e. The molecule has 0 aromatic heterocycles. The molecule has 2 unspecified atom stereocenters. The van der Waals surface area contributed by atoms with Crippen molar-refractivity contribution in [2.24, 2.45) is 11.8 Å². The molecule has 0 radical (unpaired) electrons. The molecule has 1 saturated carbocycles. The summed E-state index contributed by atoms with van der Waals surface area (Å²) in [4.78, 5) is 37.8. The Morgan fingerprint density at radius 2 is 1.63 bits per heavy atom. The average Bonchev–Trinajstić information content (AvgIpc) is 3.43. The summed E-state index contributed by atoms with van der Waals surface area (Å²) in [6.07, 6.45) is 1.95. The lowest BCUT2D eigenvalue weighted by Gasteiger charge is -2.40. The van der Waals surface area contributed by atoms with Gasteiger partial charge < -0.3 is 24.8 Å². The summed E-state index contributed by atoms with van der Waals surface area (Å²) in [6, 6.07) is 16.4. The minimum Gasteiger partial charge on any atom is -0.480 e. The van der Waals surface area contributed by atoms with Crippen LogP contribution in [-0.4, -0.2) is 66.9 Å². The second-order valence-corrected chi connectivity index (χ2v) is 9.57. The first-order chi connectivity index (χ1) is 17.0. The Hall–Kier alpha value is -3.39. The van der Waals surface area contributed by atoms with Crippen molar-refractivity contribution in [1.82, 2.24) is 10.2 Å². The van der Waals surface area contributed by atoms with Gasteiger partial charge in [-0.3, -0.25) is 4.79 Å². The van der Waals surface area contributed by atoms with Gasteiger partial charge in [0, 0.05) is 31.5 Å². The Morgan fingerprint density at radius 3 is 2.29 bits per heavy atom. The average molecular weight is 479 g/mol. The Labute approximate surface area is 204 Å². The van der Waals surface area contributed by atoms with Crippen molar-refractivity contribution in [3.8, 4) is 11.1 Å². The van der Waals surface area contributed by atoms with E-state index < -0.39 is 12.1 Å². The third-order valence-corrected chi connectivity index (χ3v) is 7.43. The highest BCUT2D eigenvalue weighted by atomic mass is 16.5. The van der Waals surface area contributed by atoms with Crippen LogP contribution < -0.4 is 5.32 Å². The number of aliphatic carboxylic acids is 1. The molecule has 3 aliphatic rings. The molecule has 2 aromatic rings. The second kappa shape index (κ2) is 10.1. The normalized spacial score (nSPS) is 21.2. The maximum absolute atomic E-state index is 12.9. The number of carboxylic acid groups (broad SMARTS) is 1. The van der Waals surface area contributed by atoms with Crippen LogP contribution in [-0.2, 0) is 19.1 Å². The van der Waals surface area contributed by atoms with E-state index in [2.05, 4.69) is 29.6 Å². The van der Waals surface area contributed by atoms with Crippen LogP contribution in [0.1, 0.15) is 36.3 Å². The molecule has 2 N–H and O–H groups in total. The van der Waals surface area contributed by atoms with Crippen LogP contribution in [0.3, 0.4) is 0 Å². The van der Waals surface area contributed by atoms with E-state index in [0.29, 0.717) is 19.6 Å². The minimum absolute atomic E-state index is 0.0108. The molecule has 0 spiro atoms. The molecule has 8 heteroatoms. The molecule has 2 atom stereocenters. The van der Waals surface area contributed by atoms with Gasteiger partial charge in [-0.05, 0) is 41.0 Å². The van der Waals surface area contributed by atoms with Crippen LogP contribution in [0.25, 0.3) is 11.1 Å². The molecule has 5 rings (SSSR count). The van der Waals surface area contributed by atoms with Gasteiger partial charge in [0.15, 0.2) is 0 Å². The van der Waals surface area contributed by atoms with E-state index in [1.807, 2.05) is 24.3 Å². The number of nitrogens with zero attached hydrogens (tertiary/aromatic N) is 1. The molecule has 1 saturated heterocycles. The van der Waals surface area contributed by atoms with Gasteiger partial charge in [0.05, 0.1) is 6.10 Å². The van der Waals surface area contributed by atoms with Crippen molar-refractivity contribution < 1.29 is 29.0 Å². The number of carbonyl (C=O) groups is 3. The lowest BCUT2D eigenvalue weighted by molar-refractivity contribution is -0.157. The summed E-state index contributed by atoms with van der Waals surface area (Å²) in [5, 5.41) is 11.6. The highest BCUT2D eigenvalue weighted by Gasteiger charge is 2.40. The number of nitrogens with one attached hydrogen (secondary N) is 1. The fraction of sp³-hybridized carbons (Fsp3) is 0.444. The summed E-state index contributed by atoms with van der Waals surface area (Å²) in [5.41, 5.74) is 4.71. The number of hydrogen-bond donors (Lipinski definition) is 2. The number of carbonyl (C=O) groups excluding carboxylic acids is 2. The maximum atomic E-state index is 12.9. The monoisotopic (exact) mass is 478 g/mol. The van der Waals surface area contributed by atoms with Crippen molar-refractivity contribution in [3.63, 3.8) is 0 Å². The molecule has 1 heterocycles. The number of ether oxygens (including phenoxy) is 2. The van der Waals surface area contributed by atoms with E-state index in [1.54, 1.807) is 4.90 Å². The third kappa shape index (κ3) is 4.89. The van der Waals surface area contributed by atoms with Gasteiger partial charge in [-0.1, -0.05) is 55.0 Å². The molecule has 184 valence electrons. The van der Waals surface area contributed by atoms with E-state index in [0.717, 1.165) is 19.3 Å².